The molecule has 2 aliphatic rings. The number of piperidine rings is 1. The van der Waals surface area contributed by atoms with Gasteiger partial charge in [0.1, 0.15) is 5.75 Å². The number of nitrogens with two attached hydrogens (primary N) is 1. The predicted molar refractivity (Wildman–Crippen MR) is 132 cm³/mol. The zero-order valence-corrected chi connectivity index (χ0v) is 20.5. The summed E-state index contributed by atoms with van der Waals surface area (Å²) in [5.41, 5.74) is 8.09. The molecular formula is C22H29IN4O3S. The van der Waals surface area contributed by atoms with Gasteiger partial charge in [-0.2, -0.15) is 4.31 Å². The van der Waals surface area contributed by atoms with Crippen LogP contribution < -0.4 is 15.8 Å². The molecule has 2 aromatic carbocycles. The number of nitrogens with zero attached hydrogens (tertiary/aromatic N) is 2. The first-order valence-electron chi connectivity index (χ1n) is 10.4. The van der Waals surface area contributed by atoms with Crippen molar-refractivity contribution >= 4 is 40.0 Å². The van der Waals surface area contributed by atoms with E-state index in [-0.39, 0.29) is 30.0 Å². The molecule has 0 aromatic heterocycles. The Kier molecular flexibility index (Phi) is 8.17. The lowest BCUT2D eigenvalue weighted by Crippen LogP contribution is -2.37. The van der Waals surface area contributed by atoms with Crippen molar-refractivity contribution in [2.24, 2.45) is 10.7 Å². The number of sulfonamides is 1. The van der Waals surface area contributed by atoms with Gasteiger partial charge in [-0.1, -0.05) is 36.8 Å². The van der Waals surface area contributed by atoms with Gasteiger partial charge in [-0.25, -0.2) is 13.4 Å². The lowest BCUT2D eigenvalue weighted by molar-refractivity contribution is 0.262. The van der Waals surface area contributed by atoms with E-state index in [0.717, 1.165) is 42.6 Å². The summed E-state index contributed by atoms with van der Waals surface area (Å²) in [5.74, 6) is 1.24. The highest BCUT2D eigenvalue weighted by molar-refractivity contribution is 14.0. The highest BCUT2D eigenvalue weighted by atomic mass is 127. The molecule has 1 unspecified atom stereocenters. The number of hydrogen-bond donors (Lipinski definition) is 2. The van der Waals surface area contributed by atoms with Crippen LogP contribution in [0.1, 0.15) is 42.9 Å². The van der Waals surface area contributed by atoms with Gasteiger partial charge in [-0.15, -0.1) is 24.0 Å². The van der Waals surface area contributed by atoms with E-state index in [1.807, 2.05) is 24.3 Å². The molecule has 0 bridgehead atoms. The molecule has 7 nitrogen and oxygen atoms in total. The summed E-state index contributed by atoms with van der Waals surface area (Å²) in [7, 11) is -3.41. The number of benzene rings is 2. The van der Waals surface area contributed by atoms with E-state index < -0.39 is 10.0 Å². The summed E-state index contributed by atoms with van der Waals surface area (Å²) in [6.07, 6.45) is 3.76. The van der Waals surface area contributed by atoms with Gasteiger partial charge < -0.3 is 15.8 Å². The molecule has 0 amide bonds. The third-order valence-corrected chi connectivity index (χ3v) is 7.50. The number of para-hydroxylation sites is 1. The highest BCUT2D eigenvalue weighted by Crippen LogP contribution is 2.31. The van der Waals surface area contributed by atoms with Gasteiger partial charge in [0.25, 0.3) is 0 Å². The smallest absolute Gasteiger partial charge is 0.243 e. The third kappa shape index (κ3) is 5.69. The van der Waals surface area contributed by atoms with Crippen molar-refractivity contribution in [1.82, 2.24) is 9.62 Å². The van der Waals surface area contributed by atoms with Crippen molar-refractivity contribution in [3.8, 4) is 5.75 Å². The highest BCUT2D eigenvalue weighted by Gasteiger charge is 2.25. The first kappa shape index (κ1) is 23.8. The maximum atomic E-state index is 12.7. The van der Waals surface area contributed by atoms with Crippen LogP contribution in [0.15, 0.2) is 58.4 Å². The largest absolute Gasteiger partial charge is 0.493 e. The minimum atomic E-state index is -3.41. The zero-order valence-electron chi connectivity index (χ0n) is 17.4. The molecule has 2 aliphatic heterocycles. The summed E-state index contributed by atoms with van der Waals surface area (Å²) >= 11 is 0. The lowest BCUT2D eigenvalue weighted by atomic mass is 10.0. The third-order valence-electron chi connectivity index (χ3n) is 5.59. The number of ether oxygens (including phenoxy) is 1. The quantitative estimate of drug-likeness (QED) is 0.335. The van der Waals surface area contributed by atoms with Gasteiger partial charge in [0.15, 0.2) is 5.96 Å². The molecule has 168 valence electrons. The van der Waals surface area contributed by atoms with Crippen LogP contribution in [0, 0.1) is 0 Å². The fourth-order valence-corrected chi connectivity index (χ4v) is 5.43. The number of hydrogen-bond acceptors (Lipinski definition) is 4. The van der Waals surface area contributed by atoms with Gasteiger partial charge in [-0.05, 0) is 36.6 Å². The minimum Gasteiger partial charge on any atom is -0.493 e. The minimum absolute atomic E-state index is 0. The van der Waals surface area contributed by atoms with Crippen molar-refractivity contribution in [3.05, 3.63) is 59.7 Å². The molecule has 31 heavy (non-hydrogen) atoms. The first-order valence-corrected chi connectivity index (χ1v) is 11.9. The number of nitrogens with one attached hydrogen (secondary N) is 1. The van der Waals surface area contributed by atoms with E-state index in [1.54, 1.807) is 28.6 Å². The van der Waals surface area contributed by atoms with E-state index in [2.05, 4.69) is 10.3 Å². The standard InChI is InChI=1S/C22H28N4O3S.HI/c23-22(25-20-12-15-29-21-7-3-2-6-19(20)21)24-16-17-8-10-18(11-9-17)30(27,28)26-13-4-1-5-14-26;/h2-3,6-11,20H,1,4-5,12-16H2,(H3,23,24,25);1H. The van der Waals surface area contributed by atoms with Gasteiger partial charge in [-0.3, -0.25) is 0 Å². The van der Waals surface area contributed by atoms with Crippen LogP contribution in [0.5, 0.6) is 5.75 Å². The number of rotatable bonds is 5. The van der Waals surface area contributed by atoms with Crippen LogP contribution >= 0.6 is 24.0 Å². The van der Waals surface area contributed by atoms with Crippen LogP contribution in [-0.4, -0.2) is 38.4 Å². The van der Waals surface area contributed by atoms with E-state index in [4.69, 9.17) is 10.5 Å². The molecule has 0 saturated carbocycles. The van der Waals surface area contributed by atoms with Crippen molar-refractivity contribution < 1.29 is 13.2 Å². The van der Waals surface area contributed by atoms with Crippen LogP contribution in [-0.2, 0) is 16.6 Å². The van der Waals surface area contributed by atoms with Gasteiger partial charge in [0.2, 0.25) is 10.0 Å². The summed E-state index contributed by atoms with van der Waals surface area (Å²) in [5, 5.41) is 3.27. The van der Waals surface area contributed by atoms with Crippen molar-refractivity contribution in [2.45, 2.75) is 43.2 Å². The molecule has 4 rings (SSSR count). The van der Waals surface area contributed by atoms with Crippen LogP contribution in [0.25, 0.3) is 0 Å². The van der Waals surface area contributed by atoms with Crippen LogP contribution in [0.2, 0.25) is 0 Å². The van der Waals surface area contributed by atoms with E-state index in [1.165, 1.54) is 0 Å². The summed E-state index contributed by atoms with van der Waals surface area (Å²) < 4.78 is 32.7. The fourth-order valence-electron chi connectivity index (χ4n) is 3.91. The maximum absolute atomic E-state index is 12.7. The second kappa shape index (κ2) is 10.6. The molecule has 2 heterocycles. The Morgan fingerprint density at radius 3 is 2.55 bits per heavy atom. The topological polar surface area (TPSA) is 97.0 Å². The van der Waals surface area contributed by atoms with E-state index in [0.29, 0.717) is 37.1 Å². The summed E-state index contributed by atoms with van der Waals surface area (Å²) in [4.78, 5) is 4.76. The van der Waals surface area contributed by atoms with Crippen LogP contribution in [0.4, 0.5) is 0 Å². The molecule has 0 radical (unpaired) electrons. The molecule has 9 heteroatoms. The second-order valence-corrected chi connectivity index (χ2v) is 9.62. The SMILES string of the molecule is I.NC(=NCc1ccc(S(=O)(=O)N2CCCCC2)cc1)NC1CCOc2ccccc21. The monoisotopic (exact) mass is 556 g/mol. The molecule has 3 N–H and O–H groups in total. The van der Waals surface area contributed by atoms with Gasteiger partial charge in [0.05, 0.1) is 24.1 Å². The van der Waals surface area contributed by atoms with E-state index in [9.17, 15) is 8.42 Å². The van der Waals surface area contributed by atoms with Gasteiger partial charge in [0, 0.05) is 25.1 Å². The Morgan fingerprint density at radius 2 is 1.81 bits per heavy atom. The normalized spacial score (nSPS) is 19.6. The number of guanidine groups is 1. The summed E-state index contributed by atoms with van der Waals surface area (Å²) in [6, 6.07) is 14.9. The first-order chi connectivity index (χ1) is 14.5. The Hall–Kier alpha value is -1.85. The number of fused-ring (bicyclic) bond motifs is 1. The Bertz CT molecular complexity index is 1010. The number of halogens is 1. The predicted octanol–water partition coefficient (Wildman–Crippen LogP) is 3.41. The lowest BCUT2D eigenvalue weighted by Gasteiger charge is -2.27. The molecule has 1 saturated heterocycles. The Balaban J connectivity index is 0.00000272. The number of aliphatic imine (C=N–C) groups is 1. The Morgan fingerprint density at radius 1 is 1.10 bits per heavy atom. The van der Waals surface area contributed by atoms with Crippen LogP contribution in [0.3, 0.4) is 0 Å². The molecule has 1 fully saturated rings. The van der Waals surface area contributed by atoms with Crippen molar-refractivity contribution in [2.75, 3.05) is 19.7 Å². The summed E-state index contributed by atoms with van der Waals surface area (Å²) in [6.45, 7) is 2.22. The molecule has 1 atom stereocenters. The zero-order chi connectivity index (χ0) is 21.0. The molecule has 2 aromatic rings. The molecule has 0 aliphatic carbocycles. The molecular weight excluding hydrogens is 527 g/mol. The van der Waals surface area contributed by atoms with E-state index >= 15 is 0 Å². The fraction of sp³-hybridized carbons (Fsp3) is 0.409. The molecule has 0 spiro atoms. The maximum Gasteiger partial charge on any atom is 0.243 e. The average Bonchev–Trinajstić information content (AvgIpc) is 2.79. The van der Waals surface area contributed by atoms with Crippen molar-refractivity contribution in [1.29, 1.82) is 0 Å². The Labute approximate surface area is 201 Å². The van der Waals surface area contributed by atoms with Gasteiger partial charge >= 0.3 is 0 Å². The average molecular weight is 556 g/mol. The second-order valence-electron chi connectivity index (χ2n) is 7.68. The van der Waals surface area contributed by atoms with Crippen molar-refractivity contribution in [3.63, 3.8) is 0 Å².